The maximum absolute atomic E-state index is 13.3. The molecule has 2 aromatic rings. The van der Waals surface area contributed by atoms with Crippen molar-refractivity contribution in [1.29, 1.82) is 0 Å². The van der Waals surface area contributed by atoms with Gasteiger partial charge in [0.2, 0.25) is 5.91 Å². The minimum absolute atomic E-state index is 0.0843. The molecule has 4 amide bonds. The van der Waals surface area contributed by atoms with Gasteiger partial charge in [0.1, 0.15) is 6.54 Å². The van der Waals surface area contributed by atoms with Crippen molar-refractivity contribution in [3.63, 3.8) is 0 Å². The third-order valence-electron chi connectivity index (χ3n) is 5.70. The Kier molecular flexibility index (Phi) is 6.79. The van der Waals surface area contributed by atoms with Gasteiger partial charge in [-0.15, -0.1) is 6.58 Å². The molecule has 170 valence electrons. The minimum atomic E-state index is -0.633. The van der Waals surface area contributed by atoms with E-state index in [9.17, 15) is 14.4 Å². The largest absolute Gasteiger partial charge is 0.354 e. The number of amides is 4. The molecule has 0 unspecified atom stereocenters. The number of nitrogens with zero attached hydrogens (tertiary/aromatic N) is 2. The lowest BCUT2D eigenvalue weighted by Gasteiger charge is -2.33. The summed E-state index contributed by atoms with van der Waals surface area (Å²) in [6.45, 7) is 4.55. The minimum Gasteiger partial charge on any atom is -0.354 e. The van der Waals surface area contributed by atoms with Crippen LogP contribution in [0.3, 0.4) is 0 Å². The number of nitrogens with one attached hydrogen (secondary N) is 2. The molecule has 0 radical (unpaired) electrons. The lowest BCUT2D eigenvalue weighted by atomic mass is 9.95. The molecule has 2 aliphatic rings. The second-order valence-electron chi connectivity index (χ2n) is 7.94. The molecule has 2 aliphatic heterocycles. The van der Waals surface area contributed by atoms with Crippen LogP contribution >= 0.6 is 11.6 Å². The van der Waals surface area contributed by atoms with Crippen molar-refractivity contribution in [2.75, 3.05) is 26.2 Å². The first kappa shape index (κ1) is 22.6. The molecule has 0 bridgehead atoms. The van der Waals surface area contributed by atoms with Crippen LogP contribution in [0.15, 0.2) is 78.5 Å². The van der Waals surface area contributed by atoms with Crippen molar-refractivity contribution in [2.45, 2.75) is 12.5 Å². The van der Waals surface area contributed by atoms with E-state index >= 15 is 0 Å². The van der Waals surface area contributed by atoms with Gasteiger partial charge in [0.25, 0.3) is 5.91 Å². The van der Waals surface area contributed by atoms with E-state index in [-0.39, 0.29) is 37.5 Å². The number of carbonyl (C=O) groups excluding carboxylic acids is 3. The van der Waals surface area contributed by atoms with Gasteiger partial charge in [0.05, 0.1) is 23.9 Å². The molecule has 2 aromatic carbocycles. The van der Waals surface area contributed by atoms with Crippen molar-refractivity contribution in [3.8, 4) is 0 Å². The van der Waals surface area contributed by atoms with Gasteiger partial charge in [-0.05, 0) is 29.7 Å². The Morgan fingerprint density at radius 2 is 1.97 bits per heavy atom. The van der Waals surface area contributed by atoms with Crippen LogP contribution in [0, 0.1) is 0 Å². The SMILES string of the molecule is C=CCN1C(=O)N[C@@H](c2cccc(Cl)c2)C2=C1CN(CC(=O)NCCc1ccccc1)C2=O. The number of carbonyl (C=O) groups is 3. The molecule has 0 spiro atoms. The zero-order valence-electron chi connectivity index (χ0n) is 18.1. The summed E-state index contributed by atoms with van der Waals surface area (Å²) in [6, 6.07) is 16.0. The monoisotopic (exact) mass is 464 g/mol. The van der Waals surface area contributed by atoms with Gasteiger partial charge in [-0.2, -0.15) is 0 Å². The summed E-state index contributed by atoms with van der Waals surface area (Å²) >= 11 is 6.15. The fourth-order valence-corrected chi connectivity index (χ4v) is 4.35. The van der Waals surface area contributed by atoms with Gasteiger partial charge in [0, 0.05) is 18.1 Å². The molecular formula is C25H25ClN4O3. The summed E-state index contributed by atoms with van der Waals surface area (Å²) in [5.74, 6) is -0.518. The Labute approximate surface area is 197 Å². The fourth-order valence-electron chi connectivity index (χ4n) is 4.15. The van der Waals surface area contributed by atoms with E-state index in [1.165, 1.54) is 9.80 Å². The predicted molar refractivity (Wildman–Crippen MR) is 126 cm³/mol. The van der Waals surface area contributed by atoms with Crippen LogP contribution in [0.4, 0.5) is 4.79 Å². The molecule has 33 heavy (non-hydrogen) atoms. The van der Waals surface area contributed by atoms with Crippen molar-refractivity contribution < 1.29 is 14.4 Å². The second-order valence-corrected chi connectivity index (χ2v) is 8.38. The van der Waals surface area contributed by atoms with Gasteiger partial charge >= 0.3 is 6.03 Å². The maximum Gasteiger partial charge on any atom is 0.322 e. The Hall–Kier alpha value is -3.58. The van der Waals surface area contributed by atoms with Crippen LogP contribution in [0.25, 0.3) is 0 Å². The summed E-state index contributed by atoms with van der Waals surface area (Å²) in [5, 5.41) is 6.28. The number of hydrogen-bond acceptors (Lipinski definition) is 3. The summed E-state index contributed by atoms with van der Waals surface area (Å²) in [6.07, 6.45) is 2.31. The first-order valence-electron chi connectivity index (χ1n) is 10.7. The molecule has 0 saturated carbocycles. The highest BCUT2D eigenvalue weighted by atomic mass is 35.5. The molecule has 0 fully saturated rings. The molecule has 2 heterocycles. The number of halogens is 1. The Bertz CT molecular complexity index is 1120. The lowest BCUT2D eigenvalue weighted by Crippen LogP contribution is -2.47. The number of hydrogen-bond donors (Lipinski definition) is 2. The molecule has 7 nitrogen and oxygen atoms in total. The van der Waals surface area contributed by atoms with Crippen LogP contribution < -0.4 is 10.6 Å². The highest BCUT2D eigenvalue weighted by molar-refractivity contribution is 6.30. The van der Waals surface area contributed by atoms with Crippen LogP contribution in [0.2, 0.25) is 5.02 Å². The molecule has 0 aliphatic carbocycles. The quantitative estimate of drug-likeness (QED) is 0.589. The van der Waals surface area contributed by atoms with Crippen LogP contribution in [-0.4, -0.2) is 53.8 Å². The van der Waals surface area contributed by atoms with Crippen LogP contribution in [-0.2, 0) is 16.0 Å². The maximum atomic E-state index is 13.3. The van der Waals surface area contributed by atoms with Gasteiger partial charge in [-0.25, -0.2) is 4.79 Å². The smallest absolute Gasteiger partial charge is 0.322 e. The average Bonchev–Trinajstić information content (AvgIpc) is 3.12. The third kappa shape index (κ3) is 4.93. The van der Waals surface area contributed by atoms with Gasteiger partial charge in [-0.1, -0.05) is 60.1 Å². The Balaban J connectivity index is 1.48. The van der Waals surface area contributed by atoms with E-state index in [1.54, 1.807) is 24.3 Å². The van der Waals surface area contributed by atoms with Crippen molar-refractivity contribution in [3.05, 3.63) is 94.7 Å². The number of urea groups is 1. The van der Waals surface area contributed by atoms with Crippen molar-refractivity contribution in [2.24, 2.45) is 0 Å². The normalized spacial score (nSPS) is 17.7. The van der Waals surface area contributed by atoms with Crippen molar-refractivity contribution >= 4 is 29.4 Å². The van der Waals surface area contributed by atoms with Crippen molar-refractivity contribution in [1.82, 2.24) is 20.4 Å². The zero-order chi connectivity index (χ0) is 23.4. The fraction of sp³-hybridized carbons (Fsp3) is 0.240. The molecule has 4 rings (SSSR count). The van der Waals surface area contributed by atoms with Crippen LogP contribution in [0.5, 0.6) is 0 Å². The summed E-state index contributed by atoms with van der Waals surface area (Å²) < 4.78 is 0. The molecule has 2 N–H and O–H groups in total. The first-order chi connectivity index (χ1) is 16.0. The van der Waals surface area contributed by atoms with Gasteiger partial charge < -0.3 is 15.5 Å². The van der Waals surface area contributed by atoms with E-state index in [1.807, 2.05) is 36.4 Å². The average molecular weight is 465 g/mol. The highest BCUT2D eigenvalue weighted by Crippen LogP contribution is 2.36. The number of rotatable bonds is 8. The molecule has 1 atom stereocenters. The molecule has 0 saturated heterocycles. The van der Waals surface area contributed by atoms with Gasteiger partial charge in [0.15, 0.2) is 0 Å². The summed E-state index contributed by atoms with van der Waals surface area (Å²) in [4.78, 5) is 41.7. The van der Waals surface area contributed by atoms with Gasteiger partial charge in [-0.3, -0.25) is 14.5 Å². The van der Waals surface area contributed by atoms with E-state index in [2.05, 4.69) is 17.2 Å². The topological polar surface area (TPSA) is 81.8 Å². The number of benzene rings is 2. The van der Waals surface area contributed by atoms with E-state index in [4.69, 9.17) is 11.6 Å². The summed E-state index contributed by atoms with van der Waals surface area (Å²) in [7, 11) is 0. The first-order valence-corrected chi connectivity index (χ1v) is 11.1. The second kappa shape index (κ2) is 9.92. The van der Waals surface area contributed by atoms with E-state index in [0.29, 0.717) is 34.8 Å². The van der Waals surface area contributed by atoms with Crippen LogP contribution in [0.1, 0.15) is 17.2 Å². The summed E-state index contributed by atoms with van der Waals surface area (Å²) in [5.41, 5.74) is 2.88. The van der Waals surface area contributed by atoms with E-state index < -0.39 is 6.04 Å². The standard InChI is InChI=1S/C25H25ClN4O3/c1-2-13-30-20-15-29(16-21(31)27-12-11-17-7-4-3-5-8-17)24(32)22(20)23(28-25(30)33)18-9-6-10-19(26)14-18/h2-10,14,23H,1,11-13,15-16H2,(H,27,31)(H,28,33)/t23-/m0/s1. The molecular weight excluding hydrogens is 440 g/mol. The third-order valence-corrected chi connectivity index (χ3v) is 5.94. The molecule has 8 heteroatoms. The zero-order valence-corrected chi connectivity index (χ0v) is 18.8. The Morgan fingerprint density at radius 1 is 1.18 bits per heavy atom. The molecule has 0 aromatic heterocycles. The lowest BCUT2D eigenvalue weighted by molar-refractivity contribution is -0.131. The van der Waals surface area contributed by atoms with E-state index in [0.717, 1.165) is 5.56 Å². The Morgan fingerprint density at radius 3 is 2.70 bits per heavy atom. The highest BCUT2D eigenvalue weighted by Gasteiger charge is 2.44. The predicted octanol–water partition coefficient (Wildman–Crippen LogP) is 3.05.